The van der Waals surface area contributed by atoms with E-state index >= 15 is 0 Å². The van der Waals surface area contributed by atoms with E-state index in [-0.39, 0.29) is 18.1 Å². The number of para-hydroxylation sites is 1. The van der Waals surface area contributed by atoms with Crippen LogP contribution in [0, 0.1) is 13.8 Å². The van der Waals surface area contributed by atoms with E-state index in [1.54, 1.807) is 20.0 Å². The third-order valence-electron chi connectivity index (χ3n) is 5.07. The largest absolute Gasteiger partial charge is 0.453 e. The molecule has 3 heterocycles. The van der Waals surface area contributed by atoms with Crippen LogP contribution in [0.25, 0.3) is 16.7 Å². The number of carbonyl (C=O) groups excluding carboxylic acids is 1. The van der Waals surface area contributed by atoms with Crippen molar-refractivity contribution in [1.82, 2.24) is 29.9 Å². The van der Waals surface area contributed by atoms with Crippen LogP contribution in [0.4, 0.5) is 13.2 Å². The number of aromatic nitrogens is 5. The normalized spacial score (nSPS) is 11.9. The first-order chi connectivity index (χ1) is 14.7. The Bertz CT molecular complexity index is 1280. The summed E-state index contributed by atoms with van der Waals surface area (Å²) in [6.07, 6.45) is -2.35. The number of alkyl halides is 3. The molecule has 0 aliphatic heterocycles. The fraction of sp³-hybridized carbons (Fsp3) is 0.286. The van der Waals surface area contributed by atoms with Crippen molar-refractivity contribution >= 4 is 22.6 Å². The van der Waals surface area contributed by atoms with Gasteiger partial charge in [0.25, 0.3) is 11.6 Å². The quantitative estimate of drug-likeness (QED) is 0.528. The smallest absolute Gasteiger partial charge is 0.355 e. The fourth-order valence-corrected chi connectivity index (χ4v) is 3.51. The first kappa shape index (κ1) is 20.7. The lowest BCUT2D eigenvalue weighted by Gasteiger charge is -2.11. The molecule has 0 bridgehead atoms. The van der Waals surface area contributed by atoms with Crippen molar-refractivity contribution in [2.45, 2.75) is 32.9 Å². The molecule has 31 heavy (non-hydrogen) atoms. The number of carbonyl (C=O) groups is 1. The molecule has 0 spiro atoms. The van der Waals surface area contributed by atoms with E-state index < -0.39 is 12.0 Å². The number of amides is 1. The zero-order valence-electron chi connectivity index (χ0n) is 16.9. The van der Waals surface area contributed by atoms with Crippen molar-refractivity contribution in [3.8, 4) is 0 Å². The minimum Gasteiger partial charge on any atom is -0.355 e. The van der Waals surface area contributed by atoms with Crippen LogP contribution >= 0.6 is 0 Å². The molecule has 0 aliphatic rings. The Labute approximate surface area is 175 Å². The maximum atomic E-state index is 12.9. The minimum absolute atomic E-state index is 0.0182. The van der Waals surface area contributed by atoms with Crippen molar-refractivity contribution in [3.05, 3.63) is 64.9 Å². The molecule has 3 aromatic heterocycles. The molecule has 1 aromatic carbocycles. The van der Waals surface area contributed by atoms with Crippen LogP contribution in [-0.4, -0.2) is 37.0 Å². The summed E-state index contributed by atoms with van der Waals surface area (Å²) in [6.45, 7) is 3.64. The highest BCUT2D eigenvalue weighted by Gasteiger charge is 2.37. The number of nitrogens with zero attached hydrogens (tertiary/aromatic N) is 5. The lowest BCUT2D eigenvalue weighted by atomic mass is 10.1. The summed E-state index contributed by atoms with van der Waals surface area (Å²) in [4.78, 5) is 24.4. The summed E-state index contributed by atoms with van der Waals surface area (Å²) >= 11 is 0. The minimum atomic E-state index is -4.66. The number of fused-ring (bicyclic) bond motifs is 2. The van der Waals surface area contributed by atoms with Gasteiger partial charge in [-0.1, -0.05) is 24.3 Å². The van der Waals surface area contributed by atoms with Gasteiger partial charge in [0.15, 0.2) is 0 Å². The van der Waals surface area contributed by atoms with Crippen molar-refractivity contribution < 1.29 is 18.0 Å². The molecule has 0 saturated heterocycles. The summed E-state index contributed by atoms with van der Waals surface area (Å²) in [7, 11) is 0. The first-order valence-corrected chi connectivity index (χ1v) is 9.63. The molecule has 7 nitrogen and oxygen atoms in total. The van der Waals surface area contributed by atoms with Crippen LogP contribution in [-0.2, 0) is 23.8 Å². The molecule has 160 valence electrons. The van der Waals surface area contributed by atoms with Crippen LogP contribution in [0.5, 0.6) is 0 Å². The van der Waals surface area contributed by atoms with Gasteiger partial charge in [0, 0.05) is 35.1 Å². The SMILES string of the molecule is Cc1nc2nc(C(F)(F)F)nn2c(C)c1CC(=O)NCCc1cccc2cccnc12. The van der Waals surface area contributed by atoms with Gasteiger partial charge in [-0.05, 0) is 31.9 Å². The van der Waals surface area contributed by atoms with Crippen molar-refractivity contribution in [1.29, 1.82) is 0 Å². The number of nitrogens with one attached hydrogen (secondary N) is 1. The van der Waals surface area contributed by atoms with Gasteiger partial charge in [0.05, 0.1) is 11.9 Å². The van der Waals surface area contributed by atoms with Crippen LogP contribution in [0.15, 0.2) is 36.5 Å². The van der Waals surface area contributed by atoms with Crippen molar-refractivity contribution in [2.75, 3.05) is 6.54 Å². The fourth-order valence-electron chi connectivity index (χ4n) is 3.51. The summed E-state index contributed by atoms with van der Waals surface area (Å²) in [5.74, 6) is -1.65. The second kappa shape index (κ2) is 7.93. The van der Waals surface area contributed by atoms with Gasteiger partial charge in [-0.2, -0.15) is 18.2 Å². The molecule has 0 unspecified atom stereocenters. The third-order valence-corrected chi connectivity index (χ3v) is 5.07. The monoisotopic (exact) mass is 428 g/mol. The van der Waals surface area contributed by atoms with Crippen LogP contribution in [0.3, 0.4) is 0 Å². The second-order valence-corrected chi connectivity index (χ2v) is 7.18. The molecule has 10 heteroatoms. The third kappa shape index (κ3) is 4.18. The zero-order chi connectivity index (χ0) is 22.2. The second-order valence-electron chi connectivity index (χ2n) is 7.18. The van der Waals surface area contributed by atoms with E-state index in [1.165, 1.54) is 0 Å². The Balaban J connectivity index is 1.47. The van der Waals surface area contributed by atoms with E-state index in [2.05, 4.69) is 25.4 Å². The summed E-state index contributed by atoms with van der Waals surface area (Å²) in [5.41, 5.74) is 3.29. The van der Waals surface area contributed by atoms with Gasteiger partial charge < -0.3 is 5.32 Å². The Morgan fingerprint density at radius 2 is 1.90 bits per heavy atom. The number of rotatable bonds is 5. The molecular weight excluding hydrogens is 409 g/mol. The zero-order valence-corrected chi connectivity index (χ0v) is 16.9. The number of benzene rings is 1. The van der Waals surface area contributed by atoms with Gasteiger partial charge in [-0.15, -0.1) is 5.10 Å². The molecular formula is C21H19F3N6O. The predicted octanol–water partition coefficient (Wildman–Crippen LogP) is 3.21. The molecule has 1 N–H and O–H groups in total. The number of pyridine rings is 1. The molecule has 1 amide bonds. The maximum Gasteiger partial charge on any atom is 0.453 e. The lowest BCUT2D eigenvalue weighted by Crippen LogP contribution is -2.28. The Hall–Kier alpha value is -3.56. The van der Waals surface area contributed by atoms with Crippen LogP contribution < -0.4 is 5.32 Å². The van der Waals surface area contributed by atoms with Crippen molar-refractivity contribution in [2.24, 2.45) is 0 Å². The molecule has 0 aliphatic carbocycles. The van der Waals surface area contributed by atoms with Gasteiger partial charge >= 0.3 is 6.18 Å². The Kier molecular flexibility index (Phi) is 5.30. The molecule has 4 aromatic rings. The summed E-state index contributed by atoms with van der Waals surface area (Å²) in [5, 5.41) is 7.39. The van der Waals surface area contributed by atoms with E-state index in [4.69, 9.17) is 0 Å². The van der Waals surface area contributed by atoms with E-state index in [9.17, 15) is 18.0 Å². The van der Waals surface area contributed by atoms with Gasteiger partial charge in [-0.25, -0.2) is 9.50 Å². The molecule has 0 radical (unpaired) electrons. The van der Waals surface area contributed by atoms with E-state index in [0.717, 1.165) is 21.0 Å². The lowest BCUT2D eigenvalue weighted by molar-refractivity contribution is -0.144. The molecule has 0 atom stereocenters. The first-order valence-electron chi connectivity index (χ1n) is 9.63. The maximum absolute atomic E-state index is 12.9. The predicted molar refractivity (Wildman–Crippen MR) is 107 cm³/mol. The average Bonchev–Trinajstić information content (AvgIpc) is 3.16. The van der Waals surface area contributed by atoms with Gasteiger partial charge in [0.2, 0.25) is 5.91 Å². The molecule has 0 fully saturated rings. The van der Waals surface area contributed by atoms with E-state index in [1.807, 2.05) is 30.3 Å². The van der Waals surface area contributed by atoms with Gasteiger partial charge in [-0.3, -0.25) is 9.78 Å². The highest BCUT2D eigenvalue weighted by molar-refractivity contribution is 5.82. The molecule has 0 saturated carbocycles. The van der Waals surface area contributed by atoms with Crippen LogP contribution in [0.2, 0.25) is 0 Å². The number of hydrogen-bond donors (Lipinski definition) is 1. The summed E-state index contributed by atoms with van der Waals surface area (Å²) < 4.78 is 39.8. The highest BCUT2D eigenvalue weighted by atomic mass is 19.4. The molecule has 4 rings (SSSR count). The number of halogens is 3. The number of hydrogen-bond acceptors (Lipinski definition) is 5. The highest BCUT2D eigenvalue weighted by Crippen LogP contribution is 2.27. The Morgan fingerprint density at radius 3 is 2.68 bits per heavy atom. The van der Waals surface area contributed by atoms with Crippen molar-refractivity contribution in [3.63, 3.8) is 0 Å². The number of aryl methyl sites for hydroxylation is 2. The average molecular weight is 428 g/mol. The van der Waals surface area contributed by atoms with Gasteiger partial charge in [0.1, 0.15) is 0 Å². The topological polar surface area (TPSA) is 85.1 Å². The van der Waals surface area contributed by atoms with E-state index in [0.29, 0.717) is 29.9 Å². The van der Waals surface area contributed by atoms with Crippen LogP contribution in [0.1, 0.15) is 28.3 Å². The standard InChI is InChI=1S/C21H19F3N6O/c1-12-16(13(2)30-20(27-12)28-19(29-30)21(22,23)24)11-17(31)25-10-8-15-6-3-5-14-7-4-9-26-18(14)15/h3-7,9H,8,10-11H2,1-2H3,(H,25,31). The summed E-state index contributed by atoms with van der Waals surface area (Å²) in [6, 6.07) is 9.75. The Morgan fingerprint density at radius 1 is 1.13 bits per heavy atom.